The van der Waals surface area contributed by atoms with E-state index in [0.717, 1.165) is 17.8 Å². The number of hydrogen-bond donors (Lipinski definition) is 0. The fourth-order valence-corrected chi connectivity index (χ4v) is 3.92. The van der Waals surface area contributed by atoms with Crippen molar-refractivity contribution in [2.24, 2.45) is 11.8 Å². The summed E-state index contributed by atoms with van der Waals surface area (Å²) in [6.45, 7) is 3.95. The lowest BCUT2D eigenvalue weighted by molar-refractivity contribution is -0.116. The maximum atomic E-state index is 12.3. The van der Waals surface area contributed by atoms with Gasteiger partial charge in [-0.3, -0.25) is 4.79 Å². The van der Waals surface area contributed by atoms with E-state index in [9.17, 15) is 4.79 Å². The van der Waals surface area contributed by atoms with Crippen LogP contribution in [0.4, 0.5) is 5.95 Å². The van der Waals surface area contributed by atoms with Gasteiger partial charge in [0, 0.05) is 17.3 Å². The minimum Gasteiger partial charge on any atom is -0.323 e. The van der Waals surface area contributed by atoms with Crippen molar-refractivity contribution < 1.29 is 4.79 Å². The second kappa shape index (κ2) is 4.01. The van der Waals surface area contributed by atoms with Gasteiger partial charge in [-0.25, -0.2) is 9.97 Å². The highest BCUT2D eigenvalue weighted by molar-refractivity contribution is 5.99. The molecule has 4 heteroatoms. The van der Waals surface area contributed by atoms with Gasteiger partial charge in [0.1, 0.15) is 0 Å². The van der Waals surface area contributed by atoms with Crippen LogP contribution in [0.3, 0.4) is 0 Å². The van der Waals surface area contributed by atoms with Gasteiger partial charge in [-0.2, -0.15) is 0 Å². The van der Waals surface area contributed by atoms with Gasteiger partial charge in [0.05, 0.1) is 12.1 Å². The number of fused-ring (bicyclic) bond motifs is 5. The topological polar surface area (TPSA) is 46.1 Å². The van der Waals surface area contributed by atoms with Gasteiger partial charge < -0.3 is 4.90 Å². The molecule has 4 atom stereocenters. The Kier molecular flexibility index (Phi) is 2.37. The molecule has 0 radical (unpaired) electrons. The van der Waals surface area contributed by atoms with Crippen LogP contribution in [0.2, 0.25) is 0 Å². The Balaban J connectivity index is 1.84. The number of carbonyl (C=O) groups excluding carboxylic acids is 1. The first-order chi connectivity index (χ1) is 9.65. The summed E-state index contributed by atoms with van der Waals surface area (Å²) in [5, 5.41) is 0. The molecule has 0 N–H and O–H groups in total. The summed E-state index contributed by atoms with van der Waals surface area (Å²) in [4.78, 5) is 23.6. The minimum atomic E-state index is -0.0915. The van der Waals surface area contributed by atoms with Crippen LogP contribution in [0.25, 0.3) is 0 Å². The molecule has 3 heterocycles. The molecule has 0 aromatic carbocycles. The van der Waals surface area contributed by atoms with Gasteiger partial charge in [-0.1, -0.05) is 18.2 Å². The third kappa shape index (κ3) is 1.51. The van der Waals surface area contributed by atoms with Crippen molar-refractivity contribution in [2.45, 2.75) is 32.4 Å². The van der Waals surface area contributed by atoms with Crippen molar-refractivity contribution in [3.8, 4) is 0 Å². The van der Waals surface area contributed by atoms with Crippen molar-refractivity contribution >= 4 is 11.7 Å². The molecular formula is C16H17N3O. The lowest BCUT2D eigenvalue weighted by atomic mass is 9.90. The van der Waals surface area contributed by atoms with Crippen LogP contribution in [-0.4, -0.2) is 27.8 Å². The molecule has 1 fully saturated rings. The molecule has 4 nitrogen and oxygen atoms in total. The highest BCUT2D eigenvalue weighted by atomic mass is 16.1. The molecule has 4 unspecified atom stereocenters. The normalized spacial score (nSPS) is 33.9. The summed E-state index contributed by atoms with van der Waals surface area (Å²) in [5.41, 5.74) is 1.91. The predicted molar refractivity (Wildman–Crippen MR) is 76.4 cm³/mol. The van der Waals surface area contributed by atoms with E-state index in [1.54, 1.807) is 6.08 Å². The smallest absolute Gasteiger partial charge is 0.226 e. The fraction of sp³-hybridized carbons (Fsp3) is 0.438. The average Bonchev–Trinajstić information content (AvgIpc) is 2.92. The van der Waals surface area contributed by atoms with Crippen LogP contribution in [0.5, 0.6) is 0 Å². The SMILES string of the molecule is Cc1cc(C)nc(N2C3C=CC(=O)C2C2CC=CC23)n1. The molecule has 102 valence electrons. The molecule has 4 rings (SSSR count). The summed E-state index contributed by atoms with van der Waals surface area (Å²) in [6, 6.07) is 2.10. The molecule has 0 saturated carbocycles. The zero-order valence-corrected chi connectivity index (χ0v) is 11.7. The first-order valence-electron chi connectivity index (χ1n) is 7.14. The van der Waals surface area contributed by atoms with Crippen LogP contribution in [0.15, 0.2) is 30.4 Å². The summed E-state index contributed by atoms with van der Waals surface area (Å²) in [7, 11) is 0. The molecule has 2 aliphatic heterocycles. The second-order valence-corrected chi connectivity index (χ2v) is 5.96. The van der Waals surface area contributed by atoms with Gasteiger partial charge in [0.25, 0.3) is 0 Å². The van der Waals surface area contributed by atoms with Gasteiger partial charge in [-0.05, 0) is 38.3 Å². The van der Waals surface area contributed by atoms with Crippen molar-refractivity contribution in [2.75, 3.05) is 4.90 Å². The van der Waals surface area contributed by atoms with E-state index in [0.29, 0.717) is 17.8 Å². The van der Waals surface area contributed by atoms with E-state index in [2.05, 4.69) is 27.0 Å². The molecule has 0 amide bonds. The van der Waals surface area contributed by atoms with Crippen LogP contribution >= 0.6 is 0 Å². The van der Waals surface area contributed by atoms with Crippen molar-refractivity contribution in [1.82, 2.24) is 9.97 Å². The Labute approximate surface area is 118 Å². The standard InChI is InChI=1S/C16H17N3O/c1-9-8-10(2)18-16(17-9)19-13-6-7-14(20)15(19)12-5-3-4-11(12)13/h3-4,6-8,11-13,15H,5H2,1-2H3. The van der Waals surface area contributed by atoms with Gasteiger partial charge in [-0.15, -0.1) is 0 Å². The number of anilines is 1. The largest absolute Gasteiger partial charge is 0.323 e. The van der Waals surface area contributed by atoms with E-state index >= 15 is 0 Å². The number of aromatic nitrogens is 2. The van der Waals surface area contributed by atoms with Crippen LogP contribution < -0.4 is 4.90 Å². The highest BCUT2D eigenvalue weighted by Crippen LogP contribution is 2.46. The third-order valence-electron chi connectivity index (χ3n) is 4.63. The monoisotopic (exact) mass is 267 g/mol. The number of ketones is 1. The zero-order chi connectivity index (χ0) is 13.9. The maximum absolute atomic E-state index is 12.3. The first kappa shape index (κ1) is 11.8. The van der Waals surface area contributed by atoms with Crippen LogP contribution in [-0.2, 0) is 4.79 Å². The van der Waals surface area contributed by atoms with Crippen molar-refractivity contribution in [3.63, 3.8) is 0 Å². The number of allylic oxidation sites excluding steroid dienone is 1. The fourth-order valence-electron chi connectivity index (χ4n) is 3.92. The molecule has 1 aliphatic carbocycles. The average molecular weight is 267 g/mol. The minimum absolute atomic E-state index is 0.0915. The quantitative estimate of drug-likeness (QED) is 0.730. The van der Waals surface area contributed by atoms with E-state index in [-0.39, 0.29) is 17.9 Å². The molecule has 1 aromatic heterocycles. The molecule has 3 aliphatic rings. The summed E-state index contributed by atoms with van der Waals surface area (Å²) >= 11 is 0. The predicted octanol–water partition coefficient (Wildman–Crippen LogP) is 1.98. The lowest BCUT2D eigenvalue weighted by Gasteiger charge is -2.32. The molecular weight excluding hydrogens is 250 g/mol. The van der Waals surface area contributed by atoms with Gasteiger partial charge in [0.15, 0.2) is 5.78 Å². The Bertz CT molecular complexity index is 629. The van der Waals surface area contributed by atoms with E-state index in [4.69, 9.17) is 0 Å². The van der Waals surface area contributed by atoms with Crippen molar-refractivity contribution in [3.05, 3.63) is 41.8 Å². The molecule has 20 heavy (non-hydrogen) atoms. The number of nitrogens with zero attached hydrogens (tertiary/aromatic N) is 3. The van der Waals surface area contributed by atoms with E-state index < -0.39 is 0 Å². The molecule has 2 bridgehead atoms. The summed E-state index contributed by atoms with van der Waals surface area (Å²) in [6.07, 6.45) is 9.23. The summed E-state index contributed by atoms with van der Waals surface area (Å²) in [5.74, 6) is 1.71. The molecule has 0 spiro atoms. The van der Waals surface area contributed by atoms with Gasteiger partial charge >= 0.3 is 0 Å². The number of carbonyl (C=O) groups is 1. The van der Waals surface area contributed by atoms with Crippen LogP contribution in [0.1, 0.15) is 17.8 Å². The van der Waals surface area contributed by atoms with Crippen LogP contribution in [0, 0.1) is 25.7 Å². The lowest BCUT2D eigenvalue weighted by Crippen LogP contribution is -2.46. The first-order valence-corrected chi connectivity index (χ1v) is 7.14. The second-order valence-electron chi connectivity index (χ2n) is 5.96. The Morgan fingerprint density at radius 1 is 1.20 bits per heavy atom. The van der Waals surface area contributed by atoms with Gasteiger partial charge in [0.2, 0.25) is 5.95 Å². The Morgan fingerprint density at radius 2 is 1.95 bits per heavy atom. The number of rotatable bonds is 1. The molecule has 1 saturated heterocycles. The Morgan fingerprint density at radius 3 is 2.70 bits per heavy atom. The zero-order valence-electron chi connectivity index (χ0n) is 11.7. The third-order valence-corrected chi connectivity index (χ3v) is 4.63. The summed E-state index contributed by atoms with van der Waals surface area (Å²) < 4.78 is 0. The van der Waals surface area contributed by atoms with E-state index in [1.165, 1.54) is 0 Å². The van der Waals surface area contributed by atoms with Crippen molar-refractivity contribution in [1.29, 1.82) is 0 Å². The number of hydrogen-bond acceptors (Lipinski definition) is 4. The Hall–Kier alpha value is -1.97. The highest BCUT2D eigenvalue weighted by Gasteiger charge is 2.53. The van der Waals surface area contributed by atoms with E-state index in [1.807, 2.05) is 26.0 Å². The molecule has 1 aromatic rings. The maximum Gasteiger partial charge on any atom is 0.226 e. The number of aryl methyl sites for hydroxylation is 2.